The van der Waals surface area contributed by atoms with E-state index < -0.39 is 6.04 Å². The van der Waals surface area contributed by atoms with Crippen LogP contribution in [0, 0.1) is 0 Å². The van der Waals surface area contributed by atoms with Crippen LogP contribution < -0.4 is 4.90 Å². The minimum Gasteiger partial charge on any atom is -0.331 e. The maximum Gasteiger partial charge on any atom is 0.332 e. The largest absolute Gasteiger partial charge is 0.332 e. The first kappa shape index (κ1) is 20.9. The first-order chi connectivity index (χ1) is 17.6. The first-order valence-electron chi connectivity index (χ1n) is 12.2. The number of nitrogens with zero attached hydrogens (tertiary/aromatic N) is 3. The van der Waals surface area contributed by atoms with Crippen molar-refractivity contribution < 1.29 is 14.4 Å². The maximum absolute atomic E-state index is 13.7. The van der Waals surface area contributed by atoms with E-state index in [0.29, 0.717) is 24.2 Å². The summed E-state index contributed by atoms with van der Waals surface area (Å²) in [6.07, 6.45) is 0.638. The van der Waals surface area contributed by atoms with Crippen molar-refractivity contribution >= 4 is 34.3 Å². The van der Waals surface area contributed by atoms with Gasteiger partial charge < -0.3 is 9.80 Å². The molecule has 36 heavy (non-hydrogen) atoms. The van der Waals surface area contributed by atoms with Crippen LogP contribution in [0.4, 0.5) is 10.5 Å². The molecule has 0 radical (unpaired) electrons. The number of carbonyl (C=O) groups excluding carboxylic acids is 3. The zero-order valence-corrected chi connectivity index (χ0v) is 19.5. The van der Waals surface area contributed by atoms with Crippen molar-refractivity contribution in [3.05, 3.63) is 103 Å². The molecule has 2 bridgehead atoms. The molecule has 4 amide bonds. The summed E-state index contributed by atoms with van der Waals surface area (Å²) in [7, 11) is 0. The lowest BCUT2D eigenvalue weighted by Crippen LogP contribution is -2.54. The average Bonchev–Trinajstić information content (AvgIpc) is 3.60. The molecule has 0 saturated carbocycles. The van der Waals surface area contributed by atoms with E-state index in [1.165, 1.54) is 4.90 Å². The number of imide groups is 1. The Morgan fingerprint density at radius 1 is 0.750 bits per heavy atom. The number of amides is 4. The predicted octanol–water partition coefficient (Wildman–Crippen LogP) is 4.94. The molecular formula is C30H23N3O3. The number of hydrogen-bond donors (Lipinski definition) is 0. The van der Waals surface area contributed by atoms with Gasteiger partial charge in [0.1, 0.15) is 6.04 Å². The van der Waals surface area contributed by atoms with Crippen molar-refractivity contribution in [2.75, 3.05) is 11.4 Å². The van der Waals surface area contributed by atoms with Gasteiger partial charge in [-0.05, 0) is 41.1 Å². The smallest absolute Gasteiger partial charge is 0.331 e. The number of piperazine rings is 1. The van der Waals surface area contributed by atoms with Gasteiger partial charge in [0.05, 0.1) is 17.8 Å². The van der Waals surface area contributed by atoms with Crippen LogP contribution in [-0.4, -0.2) is 52.3 Å². The summed E-state index contributed by atoms with van der Waals surface area (Å²) in [5.74, 6) is -0.341. The van der Waals surface area contributed by atoms with Crippen LogP contribution in [0.15, 0.2) is 97.1 Å². The molecule has 3 saturated heterocycles. The van der Waals surface area contributed by atoms with Crippen LogP contribution in [0.3, 0.4) is 0 Å². The fourth-order valence-corrected chi connectivity index (χ4v) is 6.12. The highest BCUT2D eigenvalue weighted by Gasteiger charge is 2.63. The third-order valence-electron chi connectivity index (χ3n) is 7.77. The van der Waals surface area contributed by atoms with Gasteiger partial charge in [0, 0.05) is 17.5 Å². The topological polar surface area (TPSA) is 60.9 Å². The summed E-state index contributed by atoms with van der Waals surface area (Å²) in [4.78, 5) is 45.4. The molecule has 0 aromatic heterocycles. The minimum atomic E-state index is -0.636. The summed E-state index contributed by atoms with van der Waals surface area (Å²) >= 11 is 0. The number of fused-ring (bicyclic) bond motifs is 6. The van der Waals surface area contributed by atoms with Crippen molar-refractivity contribution in [1.29, 1.82) is 0 Å². The van der Waals surface area contributed by atoms with Crippen molar-refractivity contribution in [2.24, 2.45) is 0 Å². The van der Waals surface area contributed by atoms with Crippen molar-refractivity contribution in [3.63, 3.8) is 0 Å². The SMILES string of the molecule is O=C1C2C3C[C@H](CN3C(=O)c3ccc(-c4ccccc4)cc3)N2C(=O)N1c1cccc2ccccc12. The lowest BCUT2D eigenvalue weighted by molar-refractivity contribution is -0.121. The van der Waals surface area contributed by atoms with E-state index >= 15 is 0 Å². The van der Waals surface area contributed by atoms with E-state index in [1.807, 2.05) is 97.1 Å². The number of likely N-dealkylation sites (tertiary alicyclic amines) is 1. The van der Waals surface area contributed by atoms with Gasteiger partial charge in [-0.25, -0.2) is 9.69 Å². The predicted molar refractivity (Wildman–Crippen MR) is 138 cm³/mol. The molecule has 3 fully saturated rings. The second-order valence-corrected chi connectivity index (χ2v) is 9.66. The Labute approximate surface area is 208 Å². The fourth-order valence-electron chi connectivity index (χ4n) is 6.12. The minimum absolute atomic E-state index is 0.0920. The van der Waals surface area contributed by atoms with Gasteiger partial charge >= 0.3 is 6.03 Å². The summed E-state index contributed by atoms with van der Waals surface area (Å²) in [5.41, 5.74) is 3.34. The van der Waals surface area contributed by atoms with Crippen LogP contribution in [-0.2, 0) is 4.79 Å². The van der Waals surface area contributed by atoms with Crippen LogP contribution in [0.2, 0.25) is 0 Å². The molecule has 4 aromatic rings. The lowest BCUT2D eigenvalue weighted by atomic mass is 10.0. The van der Waals surface area contributed by atoms with Gasteiger partial charge in [-0.3, -0.25) is 9.59 Å². The molecule has 2 unspecified atom stereocenters. The Kier molecular flexibility index (Phi) is 4.51. The third-order valence-corrected chi connectivity index (χ3v) is 7.77. The molecular weight excluding hydrogens is 450 g/mol. The van der Waals surface area contributed by atoms with Crippen molar-refractivity contribution in [2.45, 2.75) is 24.5 Å². The van der Waals surface area contributed by atoms with E-state index in [4.69, 9.17) is 0 Å². The van der Waals surface area contributed by atoms with Gasteiger partial charge in [0.15, 0.2) is 0 Å². The van der Waals surface area contributed by atoms with Gasteiger partial charge in [0.2, 0.25) is 0 Å². The van der Waals surface area contributed by atoms with E-state index in [9.17, 15) is 14.4 Å². The van der Waals surface area contributed by atoms with Crippen molar-refractivity contribution in [1.82, 2.24) is 9.80 Å². The highest BCUT2D eigenvalue weighted by molar-refractivity contribution is 6.25. The average molecular weight is 474 g/mol. The molecule has 0 spiro atoms. The normalized spacial score (nSPS) is 22.6. The summed E-state index contributed by atoms with van der Waals surface area (Å²) in [6.45, 7) is 0.447. The Bertz CT molecular complexity index is 1530. The fraction of sp³-hybridized carbons (Fsp3) is 0.167. The van der Waals surface area contributed by atoms with Gasteiger partial charge in [-0.15, -0.1) is 0 Å². The van der Waals surface area contributed by atoms with E-state index in [1.54, 1.807) is 9.80 Å². The van der Waals surface area contributed by atoms with Crippen LogP contribution in [0.25, 0.3) is 21.9 Å². The van der Waals surface area contributed by atoms with E-state index in [2.05, 4.69) is 0 Å². The molecule has 0 aliphatic carbocycles. The summed E-state index contributed by atoms with van der Waals surface area (Å²) in [5, 5.41) is 1.84. The Hall–Kier alpha value is -4.45. The second kappa shape index (κ2) is 7.78. The Balaban J connectivity index is 1.17. The van der Waals surface area contributed by atoms with Gasteiger partial charge in [-0.2, -0.15) is 0 Å². The molecule has 7 rings (SSSR count). The van der Waals surface area contributed by atoms with Crippen LogP contribution >= 0.6 is 0 Å². The zero-order valence-electron chi connectivity index (χ0n) is 19.5. The van der Waals surface area contributed by atoms with Crippen molar-refractivity contribution in [3.8, 4) is 11.1 Å². The molecule has 3 aliphatic heterocycles. The Morgan fingerprint density at radius 3 is 2.25 bits per heavy atom. The second-order valence-electron chi connectivity index (χ2n) is 9.66. The number of anilines is 1. The van der Waals surface area contributed by atoms with E-state index in [-0.39, 0.29) is 29.9 Å². The molecule has 3 atom stereocenters. The highest BCUT2D eigenvalue weighted by atomic mass is 16.2. The molecule has 4 aromatic carbocycles. The number of benzene rings is 4. The summed E-state index contributed by atoms with van der Waals surface area (Å²) < 4.78 is 0. The lowest BCUT2D eigenvalue weighted by Gasteiger charge is -2.35. The number of rotatable bonds is 3. The third kappa shape index (κ3) is 2.94. The summed E-state index contributed by atoms with van der Waals surface area (Å²) in [6, 6.07) is 29.6. The molecule has 6 heteroatoms. The van der Waals surface area contributed by atoms with Gasteiger partial charge in [-0.1, -0.05) is 78.9 Å². The standard InChI is InChI=1S/C30H23N3O3/c34-28(22-15-13-20(14-16-22)19-7-2-1-3-8-19)31-18-23-17-26(31)27-29(35)33(30(36)32(23)27)25-12-6-10-21-9-4-5-11-24(21)25/h1-16,23,26-27H,17-18H2/t23-,26?,27?/m1/s1. The molecule has 3 heterocycles. The quantitative estimate of drug-likeness (QED) is 0.396. The van der Waals surface area contributed by atoms with E-state index in [0.717, 1.165) is 21.9 Å². The number of hydrogen-bond acceptors (Lipinski definition) is 3. The molecule has 176 valence electrons. The molecule has 6 nitrogen and oxygen atoms in total. The first-order valence-corrected chi connectivity index (χ1v) is 12.2. The van der Waals surface area contributed by atoms with Gasteiger partial charge in [0.25, 0.3) is 11.8 Å². The number of urea groups is 1. The number of carbonyl (C=O) groups is 3. The molecule has 3 aliphatic rings. The Morgan fingerprint density at radius 2 is 1.44 bits per heavy atom. The monoisotopic (exact) mass is 473 g/mol. The highest BCUT2D eigenvalue weighted by Crippen LogP contribution is 2.44. The van der Waals surface area contributed by atoms with Crippen LogP contribution in [0.1, 0.15) is 16.8 Å². The maximum atomic E-state index is 13.7. The molecule has 0 N–H and O–H groups in total. The zero-order chi connectivity index (χ0) is 24.4. The van der Waals surface area contributed by atoms with Crippen LogP contribution in [0.5, 0.6) is 0 Å².